The molecular formula is C9H14F2N2O2. The Morgan fingerprint density at radius 1 is 1.53 bits per heavy atom. The Morgan fingerprint density at radius 3 is 2.53 bits per heavy atom. The first-order valence-corrected chi connectivity index (χ1v) is 4.77. The maximum Gasteiger partial charge on any atom is 0.254 e. The van der Waals surface area contributed by atoms with E-state index in [-0.39, 0.29) is 19.1 Å². The number of halogens is 2. The molecule has 1 fully saturated rings. The van der Waals surface area contributed by atoms with E-state index in [0.717, 1.165) is 4.90 Å². The summed E-state index contributed by atoms with van der Waals surface area (Å²) in [5.74, 6) is -3.88. The van der Waals surface area contributed by atoms with Gasteiger partial charge in [-0.1, -0.05) is 0 Å². The first kappa shape index (κ1) is 11.9. The summed E-state index contributed by atoms with van der Waals surface area (Å²) in [5.41, 5.74) is 0. The van der Waals surface area contributed by atoms with Crippen LogP contribution in [0.5, 0.6) is 0 Å². The smallest absolute Gasteiger partial charge is 0.254 e. The molecule has 0 bridgehead atoms. The maximum absolute atomic E-state index is 12.6. The zero-order valence-electron chi connectivity index (χ0n) is 8.80. The molecule has 15 heavy (non-hydrogen) atoms. The molecule has 4 nitrogen and oxygen atoms in total. The molecule has 0 aromatic carbocycles. The predicted molar refractivity (Wildman–Crippen MR) is 49.2 cm³/mol. The molecule has 1 aliphatic rings. The highest BCUT2D eigenvalue weighted by Gasteiger charge is 2.34. The number of hydrogen-bond acceptors (Lipinski definition) is 2. The van der Waals surface area contributed by atoms with Gasteiger partial charge in [-0.3, -0.25) is 9.59 Å². The van der Waals surface area contributed by atoms with Crippen molar-refractivity contribution in [3.8, 4) is 0 Å². The number of alkyl halides is 2. The van der Waals surface area contributed by atoms with Gasteiger partial charge in [0, 0.05) is 6.54 Å². The summed E-state index contributed by atoms with van der Waals surface area (Å²) in [6, 6.07) is 0. The summed E-state index contributed by atoms with van der Waals surface area (Å²) < 4.78 is 25.1. The summed E-state index contributed by atoms with van der Waals surface area (Å²) in [5, 5.41) is 0. The molecule has 0 N–H and O–H groups in total. The Kier molecular flexibility index (Phi) is 3.26. The van der Waals surface area contributed by atoms with Crippen LogP contribution in [0.25, 0.3) is 0 Å². The Hall–Kier alpha value is -1.20. The third-order valence-electron chi connectivity index (χ3n) is 2.22. The van der Waals surface area contributed by atoms with Gasteiger partial charge >= 0.3 is 0 Å². The third-order valence-corrected chi connectivity index (χ3v) is 2.22. The van der Waals surface area contributed by atoms with E-state index in [1.165, 1.54) is 4.90 Å². The predicted octanol–water partition coefficient (Wildman–Crippen LogP) is 0.680. The van der Waals surface area contributed by atoms with Crippen molar-refractivity contribution < 1.29 is 18.4 Å². The summed E-state index contributed by atoms with van der Waals surface area (Å²) in [6.45, 7) is 3.01. The van der Waals surface area contributed by atoms with E-state index in [4.69, 9.17) is 0 Å². The zero-order chi connectivity index (χ0) is 11.6. The van der Waals surface area contributed by atoms with Crippen molar-refractivity contribution in [2.45, 2.75) is 26.2 Å². The summed E-state index contributed by atoms with van der Waals surface area (Å²) in [7, 11) is 0. The molecule has 0 aromatic rings. The van der Waals surface area contributed by atoms with Crippen LogP contribution in [-0.2, 0) is 9.59 Å². The van der Waals surface area contributed by atoms with Crippen LogP contribution < -0.4 is 0 Å². The minimum absolute atomic E-state index is 0.0806. The van der Waals surface area contributed by atoms with Crippen molar-refractivity contribution in [1.82, 2.24) is 9.80 Å². The van der Waals surface area contributed by atoms with E-state index in [0.29, 0.717) is 13.5 Å². The Morgan fingerprint density at radius 2 is 2.13 bits per heavy atom. The molecule has 2 amide bonds. The lowest BCUT2D eigenvalue weighted by atomic mass is 10.2. The highest BCUT2D eigenvalue weighted by molar-refractivity contribution is 5.87. The number of carbonyl (C=O) groups excluding carboxylic acids is 2. The number of likely N-dealkylation sites (N-methyl/N-ethyl adjacent to an activating group) is 1. The van der Waals surface area contributed by atoms with E-state index in [1.54, 1.807) is 6.92 Å². The summed E-state index contributed by atoms with van der Waals surface area (Å²) in [6.07, 6.45) is -0.835. The van der Waals surface area contributed by atoms with E-state index in [9.17, 15) is 18.4 Å². The molecule has 0 aliphatic carbocycles. The zero-order valence-corrected chi connectivity index (χ0v) is 8.80. The average molecular weight is 220 g/mol. The minimum atomic E-state index is -3.01. The fraction of sp³-hybridized carbons (Fsp3) is 0.778. The van der Waals surface area contributed by atoms with Crippen molar-refractivity contribution >= 4 is 11.8 Å². The van der Waals surface area contributed by atoms with Gasteiger partial charge < -0.3 is 9.80 Å². The number of rotatable bonds is 3. The van der Waals surface area contributed by atoms with Crippen molar-refractivity contribution in [3.63, 3.8) is 0 Å². The van der Waals surface area contributed by atoms with Gasteiger partial charge in [-0.05, 0) is 13.8 Å². The molecule has 6 heteroatoms. The van der Waals surface area contributed by atoms with E-state index >= 15 is 0 Å². The molecule has 1 rings (SSSR count). The molecule has 1 heterocycles. The number of amides is 2. The van der Waals surface area contributed by atoms with Gasteiger partial charge in [0.25, 0.3) is 5.92 Å². The Balaban J connectivity index is 2.53. The molecular weight excluding hydrogens is 206 g/mol. The first-order valence-electron chi connectivity index (χ1n) is 4.77. The second-order valence-corrected chi connectivity index (χ2v) is 3.73. The van der Waals surface area contributed by atoms with Gasteiger partial charge in [-0.15, -0.1) is 0 Å². The minimum Gasteiger partial charge on any atom is -0.324 e. The summed E-state index contributed by atoms with van der Waals surface area (Å²) >= 11 is 0. The lowest BCUT2D eigenvalue weighted by molar-refractivity contribution is -0.137. The van der Waals surface area contributed by atoms with Crippen LogP contribution in [-0.4, -0.2) is 47.3 Å². The number of hydrogen-bond donors (Lipinski definition) is 0. The molecule has 0 aromatic heterocycles. The highest BCUT2D eigenvalue weighted by Crippen LogP contribution is 2.19. The fourth-order valence-electron chi connectivity index (χ4n) is 1.42. The second-order valence-electron chi connectivity index (χ2n) is 3.73. The van der Waals surface area contributed by atoms with Crippen molar-refractivity contribution in [2.75, 3.05) is 19.8 Å². The van der Waals surface area contributed by atoms with Gasteiger partial charge in [0.15, 0.2) is 0 Å². The molecule has 0 unspecified atom stereocenters. The Labute approximate surface area is 86.8 Å². The van der Waals surface area contributed by atoms with Gasteiger partial charge in [0.1, 0.15) is 6.54 Å². The maximum atomic E-state index is 12.6. The van der Waals surface area contributed by atoms with Crippen LogP contribution in [0.2, 0.25) is 0 Å². The van der Waals surface area contributed by atoms with E-state index in [2.05, 4.69) is 0 Å². The van der Waals surface area contributed by atoms with Gasteiger partial charge in [-0.2, -0.15) is 0 Å². The molecule has 0 saturated carbocycles. The van der Waals surface area contributed by atoms with Crippen LogP contribution in [0.1, 0.15) is 20.3 Å². The Bertz CT molecular complexity index is 276. The van der Waals surface area contributed by atoms with E-state index in [1.807, 2.05) is 0 Å². The fourth-order valence-corrected chi connectivity index (χ4v) is 1.42. The van der Waals surface area contributed by atoms with E-state index < -0.39 is 18.3 Å². The lowest BCUT2D eigenvalue weighted by Gasteiger charge is -2.18. The molecule has 1 aliphatic heterocycles. The third kappa shape index (κ3) is 3.14. The largest absolute Gasteiger partial charge is 0.324 e. The quantitative estimate of drug-likeness (QED) is 0.701. The highest BCUT2D eigenvalue weighted by atomic mass is 19.3. The topological polar surface area (TPSA) is 40.6 Å². The monoisotopic (exact) mass is 220 g/mol. The summed E-state index contributed by atoms with van der Waals surface area (Å²) in [4.78, 5) is 25.2. The van der Waals surface area contributed by atoms with Crippen molar-refractivity contribution in [2.24, 2.45) is 0 Å². The molecule has 0 spiro atoms. The standard InChI is InChI=1S/C9H14F2N2O2/c1-3-12-6-13(5-8(12)15)7(14)4-9(2,10)11/h3-6H2,1-2H3. The normalized spacial score (nSPS) is 17.5. The van der Waals surface area contributed by atoms with Crippen molar-refractivity contribution in [3.05, 3.63) is 0 Å². The second kappa shape index (κ2) is 4.12. The van der Waals surface area contributed by atoms with Crippen LogP contribution in [0, 0.1) is 0 Å². The van der Waals surface area contributed by atoms with Gasteiger partial charge in [-0.25, -0.2) is 8.78 Å². The average Bonchev–Trinajstić information content (AvgIpc) is 2.43. The molecule has 0 atom stereocenters. The van der Waals surface area contributed by atoms with Crippen LogP contribution >= 0.6 is 0 Å². The molecule has 0 radical (unpaired) electrons. The van der Waals surface area contributed by atoms with Crippen LogP contribution in [0.15, 0.2) is 0 Å². The number of nitrogens with zero attached hydrogens (tertiary/aromatic N) is 2. The molecule has 1 saturated heterocycles. The van der Waals surface area contributed by atoms with Crippen LogP contribution in [0.3, 0.4) is 0 Å². The van der Waals surface area contributed by atoms with Crippen LogP contribution in [0.4, 0.5) is 8.78 Å². The SMILES string of the molecule is CCN1CN(C(=O)CC(C)(F)F)CC1=O. The van der Waals surface area contributed by atoms with Crippen molar-refractivity contribution in [1.29, 1.82) is 0 Å². The van der Waals surface area contributed by atoms with Gasteiger partial charge in [0.05, 0.1) is 13.1 Å². The lowest BCUT2D eigenvalue weighted by Crippen LogP contribution is -2.34. The molecule has 86 valence electrons. The number of carbonyl (C=O) groups is 2. The van der Waals surface area contributed by atoms with Gasteiger partial charge in [0.2, 0.25) is 11.8 Å². The first-order chi connectivity index (χ1) is 6.83.